The number of halogens is 2. The van der Waals surface area contributed by atoms with Gasteiger partial charge in [-0.15, -0.1) is 0 Å². The van der Waals surface area contributed by atoms with Crippen LogP contribution in [0, 0.1) is 23.5 Å². The van der Waals surface area contributed by atoms with E-state index in [2.05, 4.69) is 41.5 Å². The van der Waals surface area contributed by atoms with E-state index in [1.807, 2.05) is 84.9 Å². The first kappa shape index (κ1) is 50.3. The van der Waals surface area contributed by atoms with Gasteiger partial charge in [-0.05, 0) is 141 Å². The molecular formula is C56H62F2O8. The van der Waals surface area contributed by atoms with Gasteiger partial charge in [0, 0.05) is 11.1 Å². The van der Waals surface area contributed by atoms with E-state index in [1.54, 1.807) is 52.3 Å². The van der Waals surface area contributed by atoms with Gasteiger partial charge in [0.15, 0.2) is 0 Å². The van der Waals surface area contributed by atoms with Crippen molar-refractivity contribution in [2.45, 2.75) is 92.3 Å². The molecule has 6 aromatic rings. The minimum atomic E-state index is -0.808. The fourth-order valence-electron chi connectivity index (χ4n) is 7.45. The Bertz CT molecular complexity index is 2410. The molecule has 6 rings (SSSR count). The molecular weight excluding hydrogens is 839 g/mol. The lowest BCUT2D eigenvalue weighted by atomic mass is 9.81. The minimum absolute atomic E-state index is 0.173. The highest BCUT2D eigenvalue weighted by atomic mass is 19.1. The molecule has 6 aromatic carbocycles. The number of carboxylic acids is 2. The van der Waals surface area contributed by atoms with Crippen molar-refractivity contribution in [3.8, 4) is 45.3 Å². The molecule has 0 radical (unpaired) electrons. The average Bonchev–Trinajstić information content (AvgIpc) is 3.28. The van der Waals surface area contributed by atoms with Crippen molar-refractivity contribution in [3.05, 3.63) is 166 Å². The van der Waals surface area contributed by atoms with E-state index in [9.17, 15) is 18.4 Å². The number of hydrogen-bond acceptors (Lipinski definition) is 6. The highest BCUT2D eigenvalue weighted by Crippen LogP contribution is 2.38. The quantitative estimate of drug-likeness (QED) is 0.0988. The Labute approximate surface area is 388 Å². The van der Waals surface area contributed by atoms with Crippen LogP contribution in [0.2, 0.25) is 0 Å². The number of aliphatic carboxylic acids is 2. The van der Waals surface area contributed by atoms with Crippen LogP contribution in [0.25, 0.3) is 22.3 Å². The second-order valence-electron chi connectivity index (χ2n) is 18.7. The third-order valence-corrected chi connectivity index (χ3v) is 11.3. The maximum Gasteiger partial charge on any atom is 0.306 e. The second-order valence-corrected chi connectivity index (χ2v) is 18.7. The highest BCUT2D eigenvalue weighted by molar-refractivity contribution is 5.73. The molecule has 2 atom stereocenters. The number of rotatable bonds is 16. The molecule has 0 aliphatic heterocycles. The van der Waals surface area contributed by atoms with Crippen molar-refractivity contribution in [1.29, 1.82) is 0 Å². The van der Waals surface area contributed by atoms with Crippen LogP contribution in [0.5, 0.6) is 23.0 Å². The number of carboxylic acid groups (broad SMARTS) is 2. The van der Waals surface area contributed by atoms with Crippen molar-refractivity contribution >= 4 is 11.9 Å². The zero-order valence-electron chi connectivity index (χ0n) is 39.6. The summed E-state index contributed by atoms with van der Waals surface area (Å²) in [7, 11) is 3.14. The molecule has 348 valence electrons. The number of methoxy groups -OCH3 is 2. The Kier molecular flexibility index (Phi) is 16.8. The fourth-order valence-corrected chi connectivity index (χ4v) is 7.45. The van der Waals surface area contributed by atoms with E-state index in [0.717, 1.165) is 44.5 Å². The Hall–Kier alpha value is -6.68. The van der Waals surface area contributed by atoms with Crippen LogP contribution in [0.4, 0.5) is 8.78 Å². The summed E-state index contributed by atoms with van der Waals surface area (Å²) in [5.41, 5.74) is 8.09. The molecule has 0 saturated carbocycles. The van der Waals surface area contributed by atoms with Crippen LogP contribution in [-0.4, -0.2) is 36.4 Å². The normalized spacial score (nSPS) is 12.3. The van der Waals surface area contributed by atoms with E-state index < -0.39 is 23.8 Å². The molecule has 0 bridgehead atoms. The predicted molar refractivity (Wildman–Crippen MR) is 257 cm³/mol. The predicted octanol–water partition coefficient (Wildman–Crippen LogP) is 13.3. The summed E-state index contributed by atoms with van der Waals surface area (Å²) < 4.78 is 52.1. The summed E-state index contributed by atoms with van der Waals surface area (Å²) in [6.45, 7) is 16.7. The van der Waals surface area contributed by atoms with Crippen LogP contribution in [0.15, 0.2) is 121 Å². The summed E-state index contributed by atoms with van der Waals surface area (Å²) in [5, 5.41) is 18.1. The smallest absolute Gasteiger partial charge is 0.306 e. The van der Waals surface area contributed by atoms with Gasteiger partial charge in [-0.3, -0.25) is 9.59 Å². The summed E-state index contributed by atoms with van der Waals surface area (Å²) in [6.07, 6.45) is 0.943. The van der Waals surface area contributed by atoms with Gasteiger partial charge in [0.05, 0.1) is 26.1 Å². The van der Waals surface area contributed by atoms with Crippen LogP contribution in [0.1, 0.15) is 88.8 Å². The number of benzene rings is 6. The number of ether oxygens (including phenoxy) is 4. The molecule has 0 saturated heterocycles. The van der Waals surface area contributed by atoms with Gasteiger partial charge in [-0.1, -0.05) is 104 Å². The highest BCUT2D eigenvalue weighted by Gasteiger charge is 2.23. The van der Waals surface area contributed by atoms with Crippen molar-refractivity contribution in [2.24, 2.45) is 11.8 Å². The van der Waals surface area contributed by atoms with E-state index in [4.69, 9.17) is 29.2 Å². The van der Waals surface area contributed by atoms with Crippen molar-refractivity contribution in [2.75, 3.05) is 14.2 Å². The summed E-state index contributed by atoms with van der Waals surface area (Å²) in [5.74, 6) is -0.505. The monoisotopic (exact) mass is 900 g/mol. The Morgan fingerprint density at radius 3 is 1.09 bits per heavy atom. The van der Waals surface area contributed by atoms with Crippen molar-refractivity contribution in [3.63, 3.8) is 0 Å². The Balaban J connectivity index is 0.000000247. The molecule has 10 heteroatoms. The largest absolute Gasteiger partial charge is 0.497 e. The Morgan fingerprint density at radius 2 is 0.788 bits per heavy atom. The third-order valence-electron chi connectivity index (χ3n) is 11.3. The molecule has 2 N–H and O–H groups in total. The van der Waals surface area contributed by atoms with Crippen LogP contribution in [-0.2, 0) is 46.5 Å². The molecule has 8 nitrogen and oxygen atoms in total. The lowest BCUT2D eigenvalue weighted by molar-refractivity contribution is -0.142. The zero-order valence-corrected chi connectivity index (χ0v) is 39.6. The van der Waals surface area contributed by atoms with E-state index in [1.165, 1.54) is 12.1 Å². The summed E-state index contributed by atoms with van der Waals surface area (Å²) in [4.78, 5) is 22.1. The summed E-state index contributed by atoms with van der Waals surface area (Å²) in [6, 6.07) is 36.5. The maximum atomic E-state index is 14.8. The summed E-state index contributed by atoms with van der Waals surface area (Å²) >= 11 is 0. The molecule has 0 spiro atoms. The molecule has 66 heavy (non-hydrogen) atoms. The zero-order chi connectivity index (χ0) is 48.3. The van der Waals surface area contributed by atoms with Gasteiger partial charge in [0.2, 0.25) is 0 Å². The minimum Gasteiger partial charge on any atom is -0.497 e. The van der Waals surface area contributed by atoms with Gasteiger partial charge >= 0.3 is 11.9 Å². The van der Waals surface area contributed by atoms with E-state index in [0.29, 0.717) is 60.2 Å². The molecule has 0 amide bonds. The van der Waals surface area contributed by atoms with Gasteiger partial charge in [0.25, 0.3) is 0 Å². The van der Waals surface area contributed by atoms with Crippen LogP contribution >= 0.6 is 0 Å². The van der Waals surface area contributed by atoms with E-state index >= 15 is 0 Å². The molecule has 0 heterocycles. The Morgan fingerprint density at radius 1 is 0.470 bits per heavy atom. The first-order chi connectivity index (χ1) is 31.2. The third kappa shape index (κ3) is 13.7. The molecule has 0 fully saturated rings. The van der Waals surface area contributed by atoms with Crippen molar-refractivity contribution in [1.82, 2.24) is 0 Å². The van der Waals surface area contributed by atoms with E-state index in [-0.39, 0.29) is 22.5 Å². The van der Waals surface area contributed by atoms with Crippen LogP contribution < -0.4 is 18.9 Å². The standard InChI is InChI=1S/2C28H31FO4/c2*1-18(27(30)31)14-19-6-9-21(10-7-19)33-17-20-8-12-25(28(2,3)4)23(15-20)24-16-22(32-5)11-13-26(24)29/h2*6-13,15-16,18H,14,17H2,1-5H3,(H,30,31)/t2*18-/m10/s1. The van der Waals surface area contributed by atoms with Gasteiger partial charge in [0.1, 0.15) is 47.8 Å². The number of hydrogen-bond donors (Lipinski definition) is 2. The topological polar surface area (TPSA) is 112 Å². The molecule has 0 aliphatic rings. The average molecular weight is 901 g/mol. The van der Waals surface area contributed by atoms with Gasteiger partial charge in [-0.25, -0.2) is 8.78 Å². The molecule has 0 aliphatic carbocycles. The van der Waals surface area contributed by atoms with Gasteiger partial charge in [-0.2, -0.15) is 0 Å². The second kappa shape index (κ2) is 22.0. The lowest BCUT2D eigenvalue weighted by Gasteiger charge is -2.24. The number of carbonyl (C=O) groups is 2. The lowest BCUT2D eigenvalue weighted by Crippen LogP contribution is -2.13. The maximum absolute atomic E-state index is 14.8. The van der Waals surface area contributed by atoms with Crippen molar-refractivity contribution < 1.29 is 47.5 Å². The molecule has 0 unspecified atom stereocenters. The first-order valence-electron chi connectivity index (χ1n) is 22.0. The molecule has 0 aromatic heterocycles. The fraction of sp³-hybridized carbons (Fsp3) is 0.321. The first-order valence-corrected chi connectivity index (χ1v) is 22.0. The van der Waals surface area contributed by atoms with Gasteiger partial charge < -0.3 is 29.2 Å². The SMILES string of the molecule is COc1ccc(F)c(-c2cc(COc3ccc(C[C@@H](C)C(=O)O)cc3)ccc2C(C)(C)C)c1.COc1ccc(F)c(-c2cc(COc3ccc(C[C@H](C)C(=O)O)cc3)ccc2C(C)(C)C)c1. The van der Waals surface area contributed by atoms with Crippen LogP contribution in [0.3, 0.4) is 0 Å².